The van der Waals surface area contributed by atoms with Gasteiger partial charge in [0.25, 0.3) is 0 Å². The van der Waals surface area contributed by atoms with Crippen LogP contribution in [0.2, 0.25) is 0 Å². The first-order valence-electron chi connectivity index (χ1n) is 12.1. The summed E-state index contributed by atoms with van der Waals surface area (Å²) in [5.74, 6) is -1.49. The summed E-state index contributed by atoms with van der Waals surface area (Å²) in [5.41, 5.74) is 1.42. The van der Waals surface area contributed by atoms with Crippen LogP contribution in [0.15, 0.2) is 66.0 Å². The van der Waals surface area contributed by atoms with Crippen LogP contribution in [0.4, 0.5) is 22.4 Å². The van der Waals surface area contributed by atoms with E-state index in [2.05, 4.69) is 9.97 Å². The zero-order valence-electron chi connectivity index (χ0n) is 21.9. The molecule has 0 N–H and O–H groups in total. The largest absolute Gasteiger partial charge is 0.484 e. The van der Waals surface area contributed by atoms with Crippen molar-refractivity contribution in [2.75, 3.05) is 26.8 Å². The summed E-state index contributed by atoms with van der Waals surface area (Å²) in [6.45, 7) is -0.183. The predicted molar refractivity (Wildman–Crippen MR) is 140 cm³/mol. The monoisotopic (exact) mass is 592 g/mol. The van der Waals surface area contributed by atoms with Gasteiger partial charge in [0.05, 0.1) is 45.4 Å². The fourth-order valence-corrected chi connectivity index (χ4v) is 5.01. The fraction of sp³-hybridized carbons (Fsp3) is 0.259. The quantitative estimate of drug-likeness (QED) is 0.202. The van der Waals surface area contributed by atoms with Crippen LogP contribution < -0.4 is 4.74 Å². The van der Waals surface area contributed by atoms with Crippen LogP contribution in [-0.4, -0.2) is 68.6 Å². The maximum atomic E-state index is 13.5. The minimum Gasteiger partial charge on any atom is -0.484 e. The third-order valence-electron chi connectivity index (χ3n) is 5.91. The number of halogens is 4. The Balaban J connectivity index is 1.51. The molecule has 2 aromatic heterocycles. The number of hydrogen-bond acceptors (Lipinski definition) is 7. The van der Waals surface area contributed by atoms with Gasteiger partial charge in [-0.25, -0.2) is 23.5 Å². The highest BCUT2D eigenvalue weighted by molar-refractivity contribution is 7.84. The van der Waals surface area contributed by atoms with Crippen LogP contribution >= 0.6 is 0 Å². The van der Waals surface area contributed by atoms with Gasteiger partial charge in [-0.1, -0.05) is 12.1 Å². The third-order valence-corrected chi connectivity index (χ3v) is 7.13. The van der Waals surface area contributed by atoms with Crippen molar-refractivity contribution in [1.82, 2.24) is 19.4 Å². The van der Waals surface area contributed by atoms with Gasteiger partial charge in [0.1, 0.15) is 18.2 Å². The van der Waals surface area contributed by atoms with Gasteiger partial charge in [-0.3, -0.25) is 9.19 Å². The van der Waals surface area contributed by atoms with Crippen molar-refractivity contribution in [1.29, 1.82) is 0 Å². The number of carbonyl (C=O) groups excluding carboxylic acids is 2. The Morgan fingerprint density at radius 2 is 1.78 bits per heavy atom. The van der Waals surface area contributed by atoms with Crippen LogP contribution in [0.1, 0.15) is 21.6 Å². The maximum absolute atomic E-state index is 13.5. The van der Waals surface area contributed by atoms with Crippen molar-refractivity contribution >= 4 is 33.8 Å². The molecule has 1 atom stereocenters. The molecule has 2 aromatic carbocycles. The van der Waals surface area contributed by atoms with Gasteiger partial charge in [0.15, 0.2) is 6.61 Å². The minimum atomic E-state index is -4.53. The normalized spacial score (nSPS) is 12.2. The molecular weight excluding hydrogens is 568 g/mol. The third kappa shape index (κ3) is 7.25. The average Bonchev–Trinajstić information content (AvgIpc) is 3.32. The lowest BCUT2D eigenvalue weighted by Gasteiger charge is -2.19. The summed E-state index contributed by atoms with van der Waals surface area (Å²) >= 11 is 0. The molecule has 0 unspecified atom stereocenters. The standard InChI is InChI=1S/C27H24F4N4O5S/c1-17-21(32-12-11-23(17)40-16-27(29,30)31)15-41(38)25-33-20-5-3-4-6-22(20)35(25)26(37)34(2)13-14-39-24(36)18-7-9-19(28)10-8-18/h3-12H,13-16H2,1-2H3/t41-/m1/s1. The Hall–Kier alpha value is -4.33. The first kappa shape index (κ1) is 29.6. The predicted octanol–water partition coefficient (Wildman–Crippen LogP) is 4.88. The average molecular weight is 593 g/mol. The topological polar surface area (TPSA) is 104 Å². The van der Waals surface area contributed by atoms with E-state index in [0.29, 0.717) is 11.0 Å². The van der Waals surface area contributed by atoms with E-state index in [1.807, 2.05) is 0 Å². The molecule has 41 heavy (non-hydrogen) atoms. The number of hydrogen-bond donors (Lipinski definition) is 0. The smallest absolute Gasteiger partial charge is 0.422 e. The van der Waals surface area contributed by atoms with Crippen LogP contribution in [0, 0.1) is 12.7 Å². The van der Waals surface area contributed by atoms with Crippen molar-refractivity contribution in [3.05, 3.63) is 83.4 Å². The molecular formula is C27H24F4N4O5S. The number of imidazole rings is 1. The number of likely N-dealkylation sites (N-methyl/N-ethyl adjacent to an activating group) is 1. The van der Waals surface area contributed by atoms with Crippen molar-refractivity contribution in [3.8, 4) is 5.75 Å². The Kier molecular flexibility index (Phi) is 9.01. The lowest BCUT2D eigenvalue weighted by molar-refractivity contribution is -0.153. The molecule has 0 aliphatic heterocycles. The Morgan fingerprint density at radius 1 is 1.07 bits per heavy atom. The first-order chi connectivity index (χ1) is 19.4. The molecule has 9 nitrogen and oxygen atoms in total. The molecule has 0 fully saturated rings. The SMILES string of the molecule is Cc1c(OCC(F)(F)F)ccnc1C[S@@](=O)c1nc2ccccc2n1C(=O)N(C)CCOC(=O)c1ccc(F)cc1. The van der Waals surface area contributed by atoms with Gasteiger partial charge in [0, 0.05) is 18.8 Å². The number of esters is 1. The number of para-hydroxylation sites is 2. The van der Waals surface area contributed by atoms with E-state index in [9.17, 15) is 31.4 Å². The number of pyridine rings is 1. The summed E-state index contributed by atoms with van der Waals surface area (Å²) in [5, 5.41) is -0.0887. The molecule has 0 spiro atoms. The molecule has 0 saturated carbocycles. The molecule has 0 saturated heterocycles. The summed E-state index contributed by atoms with van der Waals surface area (Å²) in [6, 6.07) is 12.1. The highest BCUT2D eigenvalue weighted by Gasteiger charge is 2.29. The molecule has 0 bridgehead atoms. The van der Waals surface area contributed by atoms with Crippen LogP contribution in [-0.2, 0) is 21.3 Å². The number of fused-ring (bicyclic) bond motifs is 1. The molecule has 0 radical (unpaired) electrons. The highest BCUT2D eigenvalue weighted by Crippen LogP contribution is 2.26. The van der Waals surface area contributed by atoms with Crippen molar-refractivity contribution in [2.24, 2.45) is 0 Å². The number of ether oxygens (including phenoxy) is 2. The van der Waals surface area contributed by atoms with Gasteiger partial charge >= 0.3 is 18.2 Å². The van der Waals surface area contributed by atoms with Gasteiger partial charge in [-0.15, -0.1) is 0 Å². The molecule has 1 amide bonds. The first-order valence-corrected chi connectivity index (χ1v) is 13.4. The summed E-state index contributed by atoms with van der Waals surface area (Å²) in [6.07, 6.45) is -3.28. The van der Waals surface area contributed by atoms with E-state index in [0.717, 1.165) is 12.1 Å². The summed E-state index contributed by atoms with van der Waals surface area (Å²) in [7, 11) is -0.486. The second kappa shape index (κ2) is 12.5. The van der Waals surface area contributed by atoms with Crippen molar-refractivity contribution in [3.63, 3.8) is 0 Å². The number of amides is 1. The lowest BCUT2D eigenvalue weighted by atomic mass is 10.2. The number of carbonyl (C=O) groups is 2. The van der Waals surface area contributed by atoms with E-state index in [1.165, 1.54) is 47.8 Å². The van der Waals surface area contributed by atoms with Crippen LogP contribution in [0.3, 0.4) is 0 Å². The summed E-state index contributed by atoms with van der Waals surface area (Å²) in [4.78, 5) is 35.4. The molecule has 4 rings (SSSR count). The lowest BCUT2D eigenvalue weighted by Crippen LogP contribution is -2.35. The molecule has 0 aliphatic rings. The molecule has 2 heterocycles. The zero-order valence-corrected chi connectivity index (χ0v) is 22.7. The van der Waals surface area contributed by atoms with Gasteiger partial charge in [-0.2, -0.15) is 13.2 Å². The second-order valence-corrected chi connectivity index (χ2v) is 10.2. The van der Waals surface area contributed by atoms with Crippen LogP contribution in [0.5, 0.6) is 5.75 Å². The van der Waals surface area contributed by atoms with Gasteiger partial charge in [0.2, 0.25) is 5.16 Å². The number of nitrogens with zero attached hydrogens (tertiary/aromatic N) is 4. The molecule has 4 aromatic rings. The Bertz CT molecular complexity index is 1590. The maximum Gasteiger partial charge on any atom is 0.422 e. The summed E-state index contributed by atoms with van der Waals surface area (Å²) < 4.78 is 75.7. The highest BCUT2D eigenvalue weighted by atomic mass is 32.2. The van der Waals surface area contributed by atoms with E-state index < -0.39 is 41.4 Å². The number of rotatable bonds is 9. The van der Waals surface area contributed by atoms with E-state index in [1.54, 1.807) is 24.3 Å². The molecule has 216 valence electrons. The number of benzene rings is 2. The Morgan fingerprint density at radius 3 is 2.49 bits per heavy atom. The molecule has 14 heteroatoms. The minimum absolute atomic E-state index is 0.0242. The van der Waals surface area contributed by atoms with Gasteiger partial charge in [-0.05, 0) is 49.4 Å². The van der Waals surface area contributed by atoms with E-state index in [-0.39, 0.29) is 46.6 Å². The zero-order chi connectivity index (χ0) is 29.7. The van der Waals surface area contributed by atoms with Gasteiger partial charge < -0.3 is 14.4 Å². The van der Waals surface area contributed by atoms with E-state index in [4.69, 9.17) is 9.47 Å². The van der Waals surface area contributed by atoms with E-state index >= 15 is 0 Å². The number of alkyl halides is 3. The Labute approximate surface area is 234 Å². The van der Waals surface area contributed by atoms with Crippen molar-refractivity contribution in [2.45, 2.75) is 24.0 Å². The number of aromatic nitrogens is 3. The molecule has 0 aliphatic carbocycles. The van der Waals surface area contributed by atoms with Crippen molar-refractivity contribution < 1.29 is 40.8 Å². The van der Waals surface area contributed by atoms with Crippen LogP contribution in [0.25, 0.3) is 11.0 Å². The fourth-order valence-electron chi connectivity index (χ4n) is 3.76. The second-order valence-electron chi connectivity index (χ2n) is 8.84.